The monoisotopic (exact) mass is 259 g/mol. The Bertz CT molecular complexity index is 503. The highest BCUT2D eigenvalue weighted by atomic mass is 16.2. The summed E-state index contributed by atoms with van der Waals surface area (Å²) in [6.45, 7) is 3.94. The Morgan fingerprint density at radius 2 is 1.63 bits per heavy atom. The van der Waals surface area contributed by atoms with Crippen molar-refractivity contribution in [3.63, 3.8) is 0 Å². The quantitative estimate of drug-likeness (QED) is 0.792. The van der Waals surface area contributed by atoms with Crippen LogP contribution in [0.2, 0.25) is 0 Å². The van der Waals surface area contributed by atoms with Gasteiger partial charge in [-0.3, -0.25) is 20.2 Å². The Balaban J connectivity index is 1.97. The number of aryl methyl sites for hydroxylation is 1. The topological polar surface area (TPSA) is 70.6 Å². The molecule has 1 heterocycles. The minimum Gasteiger partial charge on any atom is -0.288 e. The van der Waals surface area contributed by atoms with E-state index >= 15 is 0 Å². The molecule has 0 saturated carbocycles. The van der Waals surface area contributed by atoms with E-state index in [4.69, 9.17) is 0 Å². The number of guanidine groups is 1. The average Bonchev–Trinajstić information content (AvgIpc) is 2.66. The third-order valence-corrected chi connectivity index (χ3v) is 2.95. The molecule has 19 heavy (non-hydrogen) atoms. The van der Waals surface area contributed by atoms with Crippen molar-refractivity contribution in [3.05, 3.63) is 35.9 Å². The van der Waals surface area contributed by atoms with Crippen LogP contribution in [0.1, 0.15) is 25.8 Å². The molecule has 1 aromatic carbocycles. The number of benzene rings is 1. The lowest BCUT2D eigenvalue weighted by Crippen LogP contribution is -2.31. The minimum absolute atomic E-state index is 0.244. The first-order chi connectivity index (χ1) is 8.96. The maximum absolute atomic E-state index is 11.0. The van der Waals surface area contributed by atoms with E-state index in [1.54, 1.807) is 0 Å². The summed E-state index contributed by atoms with van der Waals surface area (Å²) in [5, 5.41) is 4.82. The number of carbonyl (C=O) groups is 2. The fourth-order valence-corrected chi connectivity index (χ4v) is 1.87. The molecular weight excluding hydrogens is 242 g/mol. The van der Waals surface area contributed by atoms with Gasteiger partial charge in [0.25, 0.3) is 0 Å². The summed E-state index contributed by atoms with van der Waals surface area (Å²) in [5.41, 5.74) is 0.895. The molecule has 0 aromatic heterocycles. The lowest BCUT2D eigenvalue weighted by atomic mass is 9.96. The van der Waals surface area contributed by atoms with E-state index in [9.17, 15) is 9.59 Å². The molecule has 100 valence electrons. The summed E-state index contributed by atoms with van der Waals surface area (Å²) in [4.78, 5) is 26.5. The molecule has 1 aliphatic rings. The van der Waals surface area contributed by atoms with Gasteiger partial charge in [0, 0.05) is 0 Å². The Labute approximate surface area is 112 Å². The molecule has 0 atom stereocenters. The third-order valence-electron chi connectivity index (χ3n) is 2.95. The predicted octanol–water partition coefficient (Wildman–Crippen LogP) is 1.000. The largest absolute Gasteiger partial charge is 0.316 e. The van der Waals surface area contributed by atoms with E-state index in [1.165, 1.54) is 5.56 Å². The Hall–Kier alpha value is -2.17. The number of carbonyl (C=O) groups excluding carboxylic acids is 2. The van der Waals surface area contributed by atoms with E-state index in [2.05, 4.69) is 27.8 Å². The van der Waals surface area contributed by atoms with Gasteiger partial charge >= 0.3 is 11.8 Å². The Morgan fingerprint density at radius 1 is 1.05 bits per heavy atom. The molecule has 5 heteroatoms. The molecule has 1 aromatic rings. The number of aliphatic imine (C=N–C) groups is 1. The van der Waals surface area contributed by atoms with E-state index in [0.29, 0.717) is 0 Å². The number of hydrogen-bond donors (Lipinski definition) is 2. The van der Waals surface area contributed by atoms with E-state index in [1.807, 2.05) is 32.0 Å². The molecule has 0 radical (unpaired) electrons. The van der Waals surface area contributed by atoms with Crippen molar-refractivity contribution >= 4 is 17.8 Å². The molecule has 0 bridgehead atoms. The molecule has 2 rings (SSSR count). The maximum atomic E-state index is 11.0. The van der Waals surface area contributed by atoms with E-state index < -0.39 is 11.8 Å². The van der Waals surface area contributed by atoms with Crippen molar-refractivity contribution < 1.29 is 9.59 Å². The third kappa shape index (κ3) is 3.64. The van der Waals surface area contributed by atoms with Gasteiger partial charge in [-0.15, -0.1) is 0 Å². The van der Waals surface area contributed by atoms with Gasteiger partial charge in [-0.05, 0) is 32.3 Å². The van der Waals surface area contributed by atoms with Gasteiger partial charge in [0.15, 0.2) is 0 Å². The second-order valence-electron chi connectivity index (χ2n) is 5.17. The molecule has 0 spiro atoms. The second-order valence-corrected chi connectivity index (χ2v) is 5.17. The van der Waals surface area contributed by atoms with E-state index in [0.717, 1.165) is 12.8 Å². The number of hydrogen-bond acceptors (Lipinski definition) is 3. The number of nitrogens with zero attached hydrogens (tertiary/aromatic N) is 1. The molecule has 0 unspecified atom stereocenters. The van der Waals surface area contributed by atoms with Crippen LogP contribution in [0.3, 0.4) is 0 Å². The number of rotatable bonds is 4. The lowest BCUT2D eigenvalue weighted by Gasteiger charge is -2.20. The van der Waals surface area contributed by atoms with Crippen LogP contribution in [-0.2, 0) is 16.0 Å². The zero-order valence-corrected chi connectivity index (χ0v) is 11.1. The van der Waals surface area contributed by atoms with Crippen LogP contribution in [0.5, 0.6) is 0 Å². The molecule has 1 saturated heterocycles. The van der Waals surface area contributed by atoms with Crippen molar-refractivity contribution in [1.82, 2.24) is 10.6 Å². The average molecular weight is 259 g/mol. The van der Waals surface area contributed by atoms with Gasteiger partial charge in [-0.1, -0.05) is 30.3 Å². The SMILES string of the molecule is CC(C)(CCc1ccccc1)N=C1NC(=O)C(=O)N1. The predicted molar refractivity (Wildman–Crippen MR) is 72.6 cm³/mol. The smallest absolute Gasteiger partial charge is 0.288 e. The Morgan fingerprint density at radius 3 is 2.21 bits per heavy atom. The first-order valence-corrected chi connectivity index (χ1v) is 6.22. The molecule has 1 fully saturated rings. The first kappa shape index (κ1) is 13.3. The highest BCUT2D eigenvalue weighted by Gasteiger charge is 2.27. The van der Waals surface area contributed by atoms with Crippen LogP contribution in [0.15, 0.2) is 35.3 Å². The Kier molecular flexibility index (Phi) is 3.64. The lowest BCUT2D eigenvalue weighted by molar-refractivity contribution is -0.135. The van der Waals surface area contributed by atoms with E-state index in [-0.39, 0.29) is 11.5 Å². The number of nitrogens with one attached hydrogen (secondary N) is 2. The van der Waals surface area contributed by atoms with Crippen molar-refractivity contribution in [3.8, 4) is 0 Å². The van der Waals surface area contributed by atoms with Gasteiger partial charge in [0.05, 0.1) is 5.54 Å². The van der Waals surface area contributed by atoms with Crippen LogP contribution in [0.4, 0.5) is 0 Å². The molecular formula is C14H17N3O2. The number of amides is 2. The van der Waals surface area contributed by atoms with Crippen LogP contribution in [0, 0.1) is 0 Å². The van der Waals surface area contributed by atoms with Crippen LogP contribution < -0.4 is 10.6 Å². The van der Waals surface area contributed by atoms with Crippen molar-refractivity contribution in [2.24, 2.45) is 4.99 Å². The van der Waals surface area contributed by atoms with Gasteiger partial charge in [-0.2, -0.15) is 0 Å². The molecule has 2 amide bonds. The van der Waals surface area contributed by atoms with Gasteiger partial charge in [-0.25, -0.2) is 4.99 Å². The second kappa shape index (κ2) is 5.22. The highest BCUT2D eigenvalue weighted by molar-refractivity contribution is 6.45. The van der Waals surface area contributed by atoms with Crippen LogP contribution >= 0.6 is 0 Å². The van der Waals surface area contributed by atoms with Crippen molar-refractivity contribution in [2.75, 3.05) is 0 Å². The summed E-state index contributed by atoms with van der Waals surface area (Å²) in [6.07, 6.45) is 1.72. The van der Waals surface area contributed by atoms with Gasteiger partial charge in [0.2, 0.25) is 5.96 Å². The molecule has 5 nitrogen and oxygen atoms in total. The van der Waals surface area contributed by atoms with Crippen molar-refractivity contribution in [2.45, 2.75) is 32.2 Å². The fourth-order valence-electron chi connectivity index (χ4n) is 1.87. The zero-order chi connectivity index (χ0) is 13.9. The summed E-state index contributed by atoms with van der Waals surface area (Å²) in [6, 6.07) is 10.1. The van der Waals surface area contributed by atoms with Gasteiger partial charge in [0.1, 0.15) is 0 Å². The zero-order valence-electron chi connectivity index (χ0n) is 11.1. The fraction of sp³-hybridized carbons (Fsp3) is 0.357. The van der Waals surface area contributed by atoms with Crippen LogP contribution in [0.25, 0.3) is 0 Å². The van der Waals surface area contributed by atoms with Crippen molar-refractivity contribution in [1.29, 1.82) is 0 Å². The maximum Gasteiger partial charge on any atom is 0.316 e. The molecule has 1 aliphatic heterocycles. The standard InChI is InChI=1S/C14H17N3O2/c1-14(2,9-8-10-6-4-3-5-7-10)17-13-15-11(18)12(19)16-13/h3-7H,8-9H2,1-2H3,(H2,15,16,17,18,19). The van der Waals surface area contributed by atoms with Gasteiger partial charge < -0.3 is 0 Å². The summed E-state index contributed by atoms with van der Waals surface area (Å²) < 4.78 is 0. The highest BCUT2D eigenvalue weighted by Crippen LogP contribution is 2.18. The normalized spacial score (nSPS) is 15.2. The minimum atomic E-state index is -0.655. The van der Waals surface area contributed by atoms with Crippen LogP contribution in [-0.4, -0.2) is 23.3 Å². The summed E-state index contributed by atoms with van der Waals surface area (Å²) in [5.74, 6) is -1.07. The molecule has 2 N–H and O–H groups in total. The molecule has 0 aliphatic carbocycles. The summed E-state index contributed by atoms with van der Waals surface area (Å²) in [7, 11) is 0. The first-order valence-electron chi connectivity index (χ1n) is 6.22. The summed E-state index contributed by atoms with van der Waals surface area (Å²) >= 11 is 0.